The Kier molecular flexibility index (Phi) is 3.45. The van der Waals surface area contributed by atoms with Crippen LogP contribution in [0.15, 0.2) is 0 Å². The number of ether oxygens (including phenoxy) is 1. The van der Waals surface area contributed by atoms with Crippen molar-refractivity contribution < 1.29 is 22.5 Å². The third-order valence-electron chi connectivity index (χ3n) is 2.59. The van der Waals surface area contributed by atoms with Crippen molar-refractivity contribution >= 4 is 12.9 Å². The summed E-state index contributed by atoms with van der Waals surface area (Å²) in [5.41, 5.74) is 0. The average molecular weight is 209 g/mol. The van der Waals surface area contributed by atoms with Crippen molar-refractivity contribution in [2.24, 2.45) is 0 Å². The predicted octanol–water partition coefficient (Wildman–Crippen LogP) is 2.71. The van der Waals surface area contributed by atoms with Crippen LogP contribution in [0.4, 0.5) is 12.9 Å². The molecule has 0 atom stereocenters. The topological polar surface area (TPSA) is 26.3 Å². The molecule has 0 aliphatic heterocycles. The van der Waals surface area contributed by atoms with Crippen molar-refractivity contribution in [3.8, 4) is 0 Å². The maximum Gasteiger partial charge on any atom is 0.481 e. The Morgan fingerprint density at radius 3 is 2.07 bits per heavy atom. The zero-order valence-corrected chi connectivity index (χ0v) is 8.01. The number of hydrogen-bond donors (Lipinski definition) is 0. The van der Waals surface area contributed by atoms with E-state index in [1.54, 1.807) is 0 Å². The minimum Gasteiger partial charge on any atom is -0.463 e. The Morgan fingerprint density at radius 2 is 1.71 bits per heavy atom. The van der Waals surface area contributed by atoms with E-state index in [0.717, 1.165) is 0 Å². The van der Waals surface area contributed by atoms with Crippen molar-refractivity contribution in [3.63, 3.8) is 0 Å². The first kappa shape index (κ1) is 11.4. The van der Waals surface area contributed by atoms with Gasteiger partial charge in [-0.15, -0.1) is 0 Å². The quantitative estimate of drug-likeness (QED) is 0.516. The van der Waals surface area contributed by atoms with Crippen molar-refractivity contribution in [2.45, 2.75) is 44.5 Å². The standard InChI is InChI=1S/C8H13BF3O2/c1-6(13)14-8-4-2-7(3-5-8)9(10,11)12/h7-8H,2-5H2,1H3/q-1. The Hall–Kier alpha value is -0.675. The van der Waals surface area contributed by atoms with Gasteiger partial charge in [0.2, 0.25) is 0 Å². The molecule has 0 radical (unpaired) electrons. The van der Waals surface area contributed by atoms with Gasteiger partial charge in [0.25, 0.3) is 0 Å². The first-order chi connectivity index (χ1) is 6.39. The van der Waals surface area contributed by atoms with Gasteiger partial charge in [-0.1, -0.05) is 18.7 Å². The molecule has 6 heteroatoms. The third-order valence-corrected chi connectivity index (χ3v) is 2.59. The first-order valence-corrected chi connectivity index (χ1v) is 4.76. The van der Waals surface area contributed by atoms with E-state index in [0.29, 0.717) is 12.8 Å². The minimum absolute atomic E-state index is 0.0987. The van der Waals surface area contributed by atoms with Crippen molar-refractivity contribution in [3.05, 3.63) is 0 Å². The minimum atomic E-state index is -4.71. The van der Waals surface area contributed by atoms with Crippen LogP contribution < -0.4 is 0 Å². The Labute approximate surface area is 80.9 Å². The molecular weight excluding hydrogens is 196 g/mol. The van der Waals surface area contributed by atoms with E-state index in [9.17, 15) is 17.7 Å². The summed E-state index contributed by atoms with van der Waals surface area (Å²) in [6.07, 6.45) is 0.571. The fraction of sp³-hybridized carbons (Fsp3) is 0.875. The largest absolute Gasteiger partial charge is 0.481 e. The van der Waals surface area contributed by atoms with Crippen LogP contribution in [-0.4, -0.2) is 19.1 Å². The smallest absolute Gasteiger partial charge is 0.463 e. The highest BCUT2D eigenvalue weighted by atomic mass is 19.4. The summed E-state index contributed by atoms with van der Waals surface area (Å²) >= 11 is 0. The Morgan fingerprint density at radius 1 is 1.21 bits per heavy atom. The Balaban J connectivity index is 2.35. The lowest BCUT2D eigenvalue weighted by molar-refractivity contribution is -0.147. The number of carbonyl (C=O) groups is 1. The monoisotopic (exact) mass is 209 g/mol. The summed E-state index contributed by atoms with van der Waals surface area (Å²) < 4.78 is 41.7. The molecule has 0 aromatic carbocycles. The lowest BCUT2D eigenvalue weighted by atomic mass is 9.64. The predicted molar refractivity (Wildman–Crippen MR) is 46.9 cm³/mol. The van der Waals surface area contributed by atoms with Gasteiger partial charge in [-0.2, -0.15) is 0 Å². The highest BCUT2D eigenvalue weighted by Crippen LogP contribution is 2.39. The number of halogens is 3. The van der Waals surface area contributed by atoms with E-state index in [1.165, 1.54) is 6.92 Å². The van der Waals surface area contributed by atoms with Crippen LogP contribution >= 0.6 is 0 Å². The van der Waals surface area contributed by atoms with Gasteiger partial charge in [-0.05, 0) is 12.8 Å². The van der Waals surface area contributed by atoms with Gasteiger partial charge >= 0.3 is 12.9 Å². The summed E-state index contributed by atoms with van der Waals surface area (Å²) in [5, 5.41) is 0. The molecule has 1 saturated carbocycles. The van der Waals surface area contributed by atoms with Crippen molar-refractivity contribution in [1.29, 1.82) is 0 Å². The van der Waals surface area contributed by atoms with Crippen LogP contribution in [0.3, 0.4) is 0 Å². The van der Waals surface area contributed by atoms with Crippen LogP contribution in [0.25, 0.3) is 0 Å². The van der Waals surface area contributed by atoms with E-state index in [-0.39, 0.29) is 18.9 Å². The van der Waals surface area contributed by atoms with Gasteiger partial charge in [0.05, 0.1) is 0 Å². The highest BCUT2D eigenvalue weighted by Gasteiger charge is 2.37. The molecule has 0 saturated heterocycles. The summed E-state index contributed by atoms with van der Waals surface area (Å²) in [5.74, 6) is -1.56. The summed E-state index contributed by atoms with van der Waals surface area (Å²) in [7, 11) is 0. The fourth-order valence-corrected chi connectivity index (χ4v) is 1.82. The van der Waals surface area contributed by atoms with Crippen LogP contribution in [0.1, 0.15) is 32.6 Å². The highest BCUT2D eigenvalue weighted by molar-refractivity contribution is 6.60. The molecule has 0 spiro atoms. The number of carbonyl (C=O) groups excluding carboxylic acids is 1. The lowest BCUT2D eigenvalue weighted by Gasteiger charge is -2.33. The second-order valence-corrected chi connectivity index (χ2v) is 3.77. The van der Waals surface area contributed by atoms with Gasteiger partial charge in [0, 0.05) is 6.92 Å². The van der Waals surface area contributed by atoms with Gasteiger partial charge in [-0.25, -0.2) is 0 Å². The molecule has 82 valence electrons. The lowest BCUT2D eigenvalue weighted by Crippen LogP contribution is -2.31. The van der Waals surface area contributed by atoms with E-state index in [4.69, 9.17) is 4.74 Å². The van der Waals surface area contributed by atoms with Crippen molar-refractivity contribution in [2.75, 3.05) is 0 Å². The van der Waals surface area contributed by atoms with Crippen molar-refractivity contribution in [1.82, 2.24) is 0 Å². The second kappa shape index (κ2) is 4.23. The second-order valence-electron chi connectivity index (χ2n) is 3.77. The Bertz CT molecular complexity index is 209. The molecule has 14 heavy (non-hydrogen) atoms. The fourth-order valence-electron chi connectivity index (χ4n) is 1.82. The van der Waals surface area contributed by atoms with Crippen LogP contribution in [0.5, 0.6) is 0 Å². The third kappa shape index (κ3) is 3.23. The molecule has 1 rings (SSSR count). The van der Waals surface area contributed by atoms with Gasteiger partial charge in [0.15, 0.2) is 0 Å². The molecule has 2 nitrogen and oxygen atoms in total. The SMILES string of the molecule is CC(=O)OC1CCC([B-](F)(F)F)CC1. The molecule has 0 N–H and O–H groups in total. The molecule has 0 bridgehead atoms. The van der Waals surface area contributed by atoms with Crippen LogP contribution in [0.2, 0.25) is 5.82 Å². The molecule has 0 amide bonds. The van der Waals surface area contributed by atoms with E-state index in [1.807, 2.05) is 0 Å². The van der Waals surface area contributed by atoms with Gasteiger partial charge < -0.3 is 17.7 Å². The maximum atomic E-state index is 12.3. The maximum absolute atomic E-state index is 12.3. The van der Waals surface area contributed by atoms with E-state index in [2.05, 4.69) is 0 Å². The number of hydrogen-bond acceptors (Lipinski definition) is 2. The average Bonchev–Trinajstić information content (AvgIpc) is 2.02. The molecule has 1 aliphatic rings. The zero-order chi connectivity index (χ0) is 10.8. The molecule has 0 heterocycles. The normalized spacial score (nSPS) is 28.6. The molecule has 0 aromatic rings. The summed E-state index contributed by atoms with van der Waals surface area (Å²) in [6, 6.07) is 0. The molecule has 0 aromatic heterocycles. The van der Waals surface area contributed by atoms with Crippen LogP contribution in [0, 0.1) is 0 Å². The first-order valence-electron chi connectivity index (χ1n) is 4.76. The molecule has 1 fully saturated rings. The summed E-state index contributed by atoms with van der Waals surface area (Å²) in [6.45, 7) is -3.44. The number of esters is 1. The van der Waals surface area contributed by atoms with E-state index >= 15 is 0 Å². The van der Waals surface area contributed by atoms with Gasteiger partial charge in [-0.3, -0.25) is 4.79 Å². The van der Waals surface area contributed by atoms with E-state index < -0.39 is 18.8 Å². The van der Waals surface area contributed by atoms with Gasteiger partial charge in [0.1, 0.15) is 6.10 Å². The molecule has 0 unspecified atom stereocenters. The zero-order valence-electron chi connectivity index (χ0n) is 8.01. The summed E-state index contributed by atoms with van der Waals surface area (Å²) in [4.78, 5) is 10.5. The molecular formula is C8H13BF3O2-. The van der Waals surface area contributed by atoms with Crippen LogP contribution in [-0.2, 0) is 9.53 Å². The number of rotatable bonds is 2. The molecule has 1 aliphatic carbocycles.